The molecule has 5 heteroatoms. The summed E-state index contributed by atoms with van der Waals surface area (Å²) in [6.45, 7) is 6.33. The van der Waals surface area contributed by atoms with Gasteiger partial charge in [-0.25, -0.2) is 9.78 Å². The van der Waals surface area contributed by atoms with Gasteiger partial charge in [0.05, 0.1) is 12.7 Å². The van der Waals surface area contributed by atoms with Crippen LogP contribution in [0.5, 0.6) is 0 Å². The van der Waals surface area contributed by atoms with Gasteiger partial charge in [0, 0.05) is 19.3 Å². The molecule has 1 fully saturated rings. The SMILES string of the molecule is CCCN(CC1CCNCC1)c1cc(C(=O)OC)ccn1. The number of methoxy groups -OCH3 is 1. The van der Waals surface area contributed by atoms with Gasteiger partial charge < -0.3 is 15.0 Å². The number of carbonyl (C=O) groups excluding carboxylic acids is 1. The molecule has 116 valence electrons. The third-order valence-electron chi connectivity index (χ3n) is 3.92. The van der Waals surface area contributed by atoms with Crippen LogP contribution in [0.15, 0.2) is 18.3 Å². The number of hydrogen-bond donors (Lipinski definition) is 1. The molecule has 0 atom stereocenters. The van der Waals surface area contributed by atoms with Crippen molar-refractivity contribution in [1.82, 2.24) is 10.3 Å². The number of aromatic nitrogens is 1. The molecule has 1 aliphatic heterocycles. The zero-order valence-corrected chi connectivity index (χ0v) is 13.0. The van der Waals surface area contributed by atoms with Gasteiger partial charge in [-0.3, -0.25) is 0 Å². The minimum atomic E-state index is -0.308. The van der Waals surface area contributed by atoms with E-state index in [1.54, 1.807) is 12.3 Å². The number of hydrogen-bond acceptors (Lipinski definition) is 5. The second kappa shape index (κ2) is 7.98. The van der Waals surface area contributed by atoms with Gasteiger partial charge in [0.1, 0.15) is 5.82 Å². The number of piperidine rings is 1. The number of nitrogens with one attached hydrogen (secondary N) is 1. The molecular weight excluding hydrogens is 266 g/mol. The monoisotopic (exact) mass is 291 g/mol. The molecule has 2 heterocycles. The van der Waals surface area contributed by atoms with Crippen molar-refractivity contribution in [3.63, 3.8) is 0 Å². The lowest BCUT2D eigenvalue weighted by molar-refractivity contribution is 0.0600. The quantitative estimate of drug-likeness (QED) is 0.813. The Morgan fingerprint density at radius 1 is 1.48 bits per heavy atom. The summed E-state index contributed by atoms with van der Waals surface area (Å²) in [5.41, 5.74) is 0.564. The molecule has 0 saturated carbocycles. The van der Waals surface area contributed by atoms with Gasteiger partial charge in [-0.15, -0.1) is 0 Å². The molecule has 5 nitrogen and oxygen atoms in total. The highest BCUT2D eigenvalue weighted by Gasteiger charge is 2.18. The van der Waals surface area contributed by atoms with Gasteiger partial charge in [0.25, 0.3) is 0 Å². The van der Waals surface area contributed by atoms with Crippen LogP contribution >= 0.6 is 0 Å². The van der Waals surface area contributed by atoms with Crippen molar-refractivity contribution in [2.24, 2.45) is 5.92 Å². The van der Waals surface area contributed by atoms with Crippen molar-refractivity contribution in [1.29, 1.82) is 0 Å². The normalized spacial score (nSPS) is 15.7. The van der Waals surface area contributed by atoms with Gasteiger partial charge in [-0.2, -0.15) is 0 Å². The second-order valence-electron chi connectivity index (χ2n) is 5.53. The minimum Gasteiger partial charge on any atom is -0.465 e. The highest BCUT2D eigenvalue weighted by molar-refractivity contribution is 5.90. The summed E-state index contributed by atoms with van der Waals surface area (Å²) >= 11 is 0. The summed E-state index contributed by atoms with van der Waals surface area (Å²) in [5.74, 6) is 1.26. The molecule has 1 saturated heterocycles. The first kappa shape index (κ1) is 15.8. The van der Waals surface area contributed by atoms with Crippen LogP contribution in [0, 0.1) is 5.92 Å². The van der Waals surface area contributed by atoms with Gasteiger partial charge in [-0.05, 0) is 50.4 Å². The van der Waals surface area contributed by atoms with Crippen LogP contribution in [0.2, 0.25) is 0 Å². The van der Waals surface area contributed by atoms with Crippen LogP contribution in [0.1, 0.15) is 36.5 Å². The molecule has 0 amide bonds. The van der Waals surface area contributed by atoms with E-state index in [1.165, 1.54) is 20.0 Å². The van der Waals surface area contributed by atoms with Crippen molar-refractivity contribution in [3.05, 3.63) is 23.9 Å². The third-order valence-corrected chi connectivity index (χ3v) is 3.92. The maximum absolute atomic E-state index is 11.7. The molecule has 1 aliphatic rings. The lowest BCUT2D eigenvalue weighted by Crippen LogP contribution is -2.37. The molecule has 1 N–H and O–H groups in total. The van der Waals surface area contributed by atoms with Crippen molar-refractivity contribution in [3.8, 4) is 0 Å². The van der Waals surface area contributed by atoms with Gasteiger partial charge in [0.15, 0.2) is 0 Å². The molecule has 1 aromatic rings. The van der Waals surface area contributed by atoms with E-state index in [-0.39, 0.29) is 5.97 Å². The minimum absolute atomic E-state index is 0.308. The molecule has 0 radical (unpaired) electrons. The van der Waals surface area contributed by atoms with Crippen LogP contribution in [0.3, 0.4) is 0 Å². The summed E-state index contributed by atoms with van der Waals surface area (Å²) in [6.07, 6.45) is 5.16. The summed E-state index contributed by atoms with van der Waals surface area (Å²) in [5, 5.41) is 3.40. The van der Waals surface area contributed by atoms with Crippen LogP contribution in [-0.4, -0.2) is 44.2 Å². The standard InChI is InChI=1S/C16H25N3O2/c1-3-10-19(12-13-4-7-17-8-5-13)15-11-14(6-9-18-15)16(20)21-2/h6,9,11,13,17H,3-5,7-8,10,12H2,1-2H3. The van der Waals surface area contributed by atoms with E-state index in [4.69, 9.17) is 4.74 Å². The number of ether oxygens (including phenoxy) is 1. The van der Waals surface area contributed by atoms with Gasteiger partial charge in [-0.1, -0.05) is 6.92 Å². The lowest BCUT2D eigenvalue weighted by atomic mass is 9.97. The van der Waals surface area contributed by atoms with Crippen molar-refractivity contribution in [2.45, 2.75) is 26.2 Å². The highest BCUT2D eigenvalue weighted by atomic mass is 16.5. The van der Waals surface area contributed by atoms with Gasteiger partial charge in [0.2, 0.25) is 0 Å². The fourth-order valence-electron chi connectivity index (χ4n) is 2.78. The van der Waals surface area contributed by atoms with E-state index in [9.17, 15) is 4.79 Å². The maximum Gasteiger partial charge on any atom is 0.338 e. The number of nitrogens with zero attached hydrogens (tertiary/aromatic N) is 2. The van der Waals surface area contributed by atoms with Crippen LogP contribution < -0.4 is 10.2 Å². The highest BCUT2D eigenvalue weighted by Crippen LogP contribution is 2.19. The zero-order chi connectivity index (χ0) is 15.1. The van der Waals surface area contributed by atoms with E-state index >= 15 is 0 Å². The molecular formula is C16H25N3O2. The van der Waals surface area contributed by atoms with Crippen molar-refractivity contribution in [2.75, 3.05) is 38.2 Å². The van der Waals surface area contributed by atoms with E-state index < -0.39 is 0 Å². The Labute approximate surface area is 126 Å². The van der Waals surface area contributed by atoms with Crippen LogP contribution in [0.25, 0.3) is 0 Å². The summed E-state index contributed by atoms with van der Waals surface area (Å²) in [7, 11) is 1.40. The fourth-order valence-corrected chi connectivity index (χ4v) is 2.78. The van der Waals surface area contributed by atoms with E-state index in [0.717, 1.165) is 38.4 Å². The Morgan fingerprint density at radius 3 is 2.90 bits per heavy atom. The molecule has 2 rings (SSSR count). The Balaban J connectivity index is 2.10. The predicted octanol–water partition coefficient (Wildman–Crippen LogP) is 2.08. The van der Waals surface area contributed by atoms with Crippen LogP contribution in [-0.2, 0) is 4.74 Å². The average Bonchev–Trinajstić information content (AvgIpc) is 2.55. The Kier molecular flexibility index (Phi) is 5.99. The zero-order valence-electron chi connectivity index (χ0n) is 13.0. The third kappa shape index (κ3) is 4.43. The number of pyridine rings is 1. The molecule has 1 aromatic heterocycles. The van der Waals surface area contributed by atoms with Crippen molar-refractivity contribution >= 4 is 11.8 Å². The number of esters is 1. The fraction of sp³-hybridized carbons (Fsp3) is 0.625. The summed E-state index contributed by atoms with van der Waals surface area (Å²) in [4.78, 5) is 18.4. The number of anilines is 1. The average molecular weight is 291 g/mol. The Hall–Kier alpha value is -1.62. The predicted molar refractivity (Wildman–Crippen MR) is 83.7 cm³/mol. The lowest BCUT2D eigenvalue weighted by Gasteiger charge is -2.30. The Bertz CT molecular complexity index is 459. The summed E-state index contributed by atoms with van der Waals surface area (Å²) < 4.78 is 4.79. The van der Waals surface area contributed by atoms with Gasteiger partial charge >= 0.3 is 5.97 Å². The molecule has 0 aliphatic carbocycles. The molecule has 0 spiro atoms. The molecule has 0 unspecified atom stereocenters. The first-order chi connectivity index (χ1) is 10.2. The topological polar surface area (TPSA) is 54.5 Å². The Morgan fingerprint density at radius 2 is 2.24 bits per heavy atom. The maximum atomic E-state index is 11.7. The van der Waals surface area contributed by atoms with E-state index in [0.29, 0.717) is 11.5 Å². The van der Waals surface area contributed by atoms with Crippen molar-refractivity contribution < 1.29 is 9.53 Å². The smallest absolute Gasteiger partial charge is 0.338 e. The van der Waals surface area contributed by atoms with Crippen LogP contribution in [0.4, 0.5) is 5.82 Å². The first-order valence-electron chi connectivity index (χ1n) is 7.74. The first-order valence-corrected chi connectivity index (χ1v) is 7.74. The van der Waals surface area contributed by atoms with E-state index in [2.05, 4.69) is 22.1 Å². The number of rotatable bonds is 6. The molecule has 0 bridgehead atoms. The summed E-state index contributed by atoms with van der Waals surface area (Å²) in [6, 6.07) is 3.53. The second-order valence-corrected chi connectivity index (χ2v) is 5.53. The number of carbonyl (C=O) groups is 1. The molecule has 0 aromatic carbocycles. The molecule has 21 heavy (non-hydrogen) atoms. The van der Waals surface area contributed by atoms with E-state index in [1.807, 2.05) is 6.07 Å². The largest absolute Gasteiger partial charge is 0.465 e.